The predicted octanol–water partition coefficient (Wildman–Crippen LogP) is 1.18. The van der Waals surface area contributed by atoms with E-state index in [0.717, 1.165) is 11.3 Å². The molecular weight excluding hydrogens is 224 g/mol. The number of nitrogens with one attached hydrogen (secondary N) is 1. The quantitative estimate of drug-likeness (QED) is 0.785. The maximum atomic E-state index is 9.09. The lowest BCUT2D eigenvalue weighted by atomic mass is 10.2. The molecule has 2 aromatic rings. The van der Waals surface area contributed by atoms with Crippen LogP contribution >= 0.6 is 12.2 Å². The summed E-state index contributed by atoms with van der Waals surface area (Å²) in [6.45, 7) is 2.37. The summed E-state index contributed by atoms with van der Waals surface area (Å²) in [7, 11) is 0. The van der Waals surface area contributed by atoms with E-state index in [1.807, 2.05) is 19.1 Å². The third kappa shape index (κ3) is 2.17. The molecule has 0 saturated carbocycles. The second-order valence-electron chi connectivity index (χ2n) is 3.50. The fraction of sp³-hybridized carbons (Fsp3) is 0.300. The molecule has 0 bridgehead atoms. The van der Waals surface area contributed by atoms with Crippen LogP contribution in [-0.4, -0.2) is 24.9 Å². The van der Waals surface area contributed by atoms with Crippen LogP contribution in [0.1, 0.15) is 17.1 Å². The van der Waals surface area contributed by atoms with E-state index in [4.69, 9.17) is 17.3 Å². The fourth-order valence-corrected chi connectivity index (χ4v) is 1.62. The van der Waals surface area contributed by atoms with Gasteiger partial charge in [-0.3, -0.25) is 14.6 Å². The molecule has 0 unspecified atom stereocenters. The molecule has 2 rings (SSSR count). The minimum Gasteiger partial charge on any atom is -0.388 e. The van der Waals surface area contributed by atoms with Crippen LogP contribution in [0, 0.1) is 11.7 Å². The maximum absolute atomic E-state index is 9.09. The van der Waals surface area contributed by atoms with Gasteiger partial charge in [-0.15, -0.1) is 0 Å². The van der Waals surface area contributed by atoms with Crippen molar-refractivity contribution in [3.8, 4) is 0 Å². The zero-order valence-electron chi connectivity index (χ0n) is 8.84. The number of pyridine rings is 1. The molecule has 0 amide bonds. The van der Waals surface area contributed by atoms with Crippen LogP contribution in [0.5, 0.6) is 0 Å². The smallest absolute Gasteiger partial charge is 0.195 e. The molecule has 0 aromatic carbocycles. The number of nitrogens with zero attached hydrogens (tertiary/aromatic N) is 3. The van der Waals surface area contributed by atoms with Crippen LogP contribution in [-0.2, 0) is 13.2 Å². The number of H-pyrrole nitrogens is 1. The summed E-state index contributed by atoms with van der Waals surface area (Å²) in [5.41, 5.74) is 2.00. The Morgan fingerprint density at radius 3 is 2.94 bits per heavy atom. The first-order valence-corrected chi connectivity index (χ1v) is 5.28. The van der Waals surface area contributed by atoms with Crippen LogP contribution in [0.4, 0.5) is 0 Å². The number of rotatable bonds is 3. The number of hydrogen-bond acceptors (Lipinski definition) is 4. The van der Waals surface area contributed by atoms with E-state index in [2.05, 4.69) is 15.2 Å². The molecular formula is C10H12N4OS. The first-order chi connectivity index (χ1) is 7.70. The van der Waals surface area contributed by atoms with Crippen molar-refractivity contribution >= 4 is 12.2 Å². The van der Waals surface area contributed by atoms with E-state index in [9.17, 15) is 0 Å². The minimum atomic E-state index is -0.133. The molecule has 0 aliphatic carbocycles. The molecule has 5 nitrogen and oxygen atoms in total. The van der Waals surface area contributed by atoms with Gasteiger partial charge in [-0.05, 0) is 30.8 Å². The molecule has 6 heteroatoms. The van der Waals surface area contributed by atoms with Gasteiger partial charge in [0.2, 0.25) is 0 Å². The molecule has 84 valence electrons. The highest BCUT2D eigenvalue weighted by Crippen LogP contribution is 2.05. The van der Waals surface area contributed by atoms with Gasteiger partial charge in [0.25, 0.3) is 0 Å². The second kappa shape index (κ2) is 4.54. The zero-order valence-corrected chi connectivity index (χ0v) is 9.66. The molecule has 2 N–H and O–H groups in total. The Hall–Kier alpha value is -1.53. The van der Waals surface area contributed by atoms with Crippen LogP contribution < -0.4 is 0 Å². The van der Waals surface area contributed by atoms with Gasteiger partial charge in [-0.2, -0.15) is 5.10 Å². The van der Waals surface area contributed by atoms with E-state index in [-0.39, 0.29) is 6.61 Å². The van der Waals surface area contributed by atoms with Crippen LogP contribution in [0.15, 0.2) is 18.3 Å². The van der Waals surface area contributed by atoms with Gasteiger partial charge >= 0.3 is 0 Å². The van der Waals surface area contributed by atoms with Crippen molar-refractivity contribution in [3.05, 3.63) is 40.2 Å². The van der Waals surface area contributed by atoms with Crippen molar-refractivity contribution in [1.29, 1.82) is 0 Å². The number of aryl methyl sites for hydroxylation is 1. The summed E-state index contributed by atoms with van der Waals surface area (Å²) in [5, 5.41) is 15.7. The Bertz CT molecular complexity index is 528. The molecule has 0 radical (unpaired) electrons. The standard InChI is InChI=1S/C10H12N4OS/c1-7-2-3-8(4-11-7)5-14-9(6-15)12-13-10(14)16/h2-4,15H,5-6H2,1H3,(H,13,16). The molecule has 2 heterocycles. The SMILES string of the molecule is Cc1ccc(Cn2c(CO)n[nH]c2=S)cn1. The molecule has 0 saturated heterocycles. The summed E-state index contributed by atoms with van der Waals surface area (Å²) < 4.78 is 2.26. The molecule has 0 fully saturated rings. The minimum absolute atomic E-state index is 0.133. The molecule has 0 spiro atoms. The van der Waals surface area contributed by atoms with Crippen molar-refractivity contribution in [3.63, 3.8) is 0 Å². The summed E-state index contributed by atoms with van der Waals surface area (Å²) >= 11 is 5.08. The lowest BCUT2D eigenvalue weighted by Gasteiger charge is -2.04. The van der Waals surface area contributed by atoms with Crippen molar-refractivity contribution in [1.82, 2.24) is 19.7 Å². The van der Waals surface area contributed by atoms with E-state index in [0.29, 0.717) is 17.1 Å². The van der Waals surface area contributed by atoms with Gasteiger partial charge in [-0.25, -0.2) is 0 Å². The number of hydrogen-bond donors (Lipinski definition) is 2. The molecule has 0 atom stereocenters. The van der Waals surface area contributed by atoms with Crippen molar-refractivity contribution < 1.29 is 5.11 Å². The first-order valence-electron chi connectivity index (χ1n) is 4.87. The van der Waals surface area contributed by atoms with Crippen molar-refractivity contribution in [2.45, 2.75) is 20.1 Å². The first kappa shape index (κ1) is 11.0. The Labute approximate surface area is 97.8 Å². The van der Waals surface area contributed by atoms with E-state index >= 15 is 0 Å². The average Bonchev–Trinajstić information content (AvgIpc) is 2.63. The number of aromatic nitrogens is 4. The molecule has 0 aliphatic heterocycles. The third-order valence-electron chi connectivity index (χ3n) is 2.29. The Kier molecular flexibility index (Phi) is 3.12. The van der Waals surface area contributed by atoms with Gasteiger partial charge in [0.15, 0.2) is 10.6 Å². The van der Waals surface area contributed by atoms with Crippen molar-refractivity contribution in [2.24, 2.45) is 0 Å². The highest BCUT2D eigenvalue weighted by molar-refractivity contribution is 7.71. The lowest BCUT2D eigenvalue weighted by Crippen LogP contribution is -2.05. The molecule has 16 heavy (non-hydrogen) atoms. The summed E-state index contributed by atoms with van der Waals surface area (Å²) in [6, 6.07) is 3.93. The van der Waals surface area contributed by atoms with E-state index in [1.54, 1.807) is 10.8 Å². The largest absolute Gasteiger partial charge is 0.388 e. The zero-order chi connectivity index (χ0) is 11.5. The Balaban J connectivity index is 2.29. The number of aliphatic hydroxyl groups excluding tert-OH is 1. The van der Waals surface area contributed by atoms with Crippen LogP contribution in [0.2, 0.25) is 0 Å². The summed E-state index contributed by atoms with van der Waals surface area (Å²) in [5.74, 6) is 0.533. The normalized spacial score (nSPS) is 10.6. The average molecular weight is 236 g/mol. The fourth-order valence-electron chi connectivity index (χ4n) is 1.41. The molecule has 0 aliphatic rings. The predicted molar refractivity (Wildman–Crippen MR) is 61.4 cm³/mol. The van der Waals surface area contributed by atoms with Crippen LogP contribution in [0.25, 0.3) is 0 Å². The topological polar surface area (TPSA) is 66.7 Å². The molecule has 2 aromatic heterocycles. The summed E-state index contributed by atoms with van der Waals surface area (Å²) in [6.07, 6.45) is 1.80. The monoisotopic (exact) mass is 236 g/mol. The van der Waals surface area contributed by atoms with Crippen LogP contribution in [0.3, 0.4) is 0 Å². The maximum Gasteiger partial charge on any atom is 0.195 e. The summed E-state index contributed by atoms with van der Waals surface area (Å²) in [4.78, 5) is 4.20. The van der Waals surface area contributed by atoms with Gasteiger partial charge < -0.3 is 5.11 Å². The highest BCUT2D eigenvalue weighted by atomic mass is 32.1. The van der Waals surface area contributed by atoms with Gasteiger partial charge in [0.1, 0.15) is 6.61 Å². The number of aromatic amines is 1. The van der Waals surface area contributed by atoms with Crippen molar-refractivity contribution in [2.75, 3.05) is 0 Å². The second-order valence-corrected chi connectivity index (χ2v) is 3.88. The van der Waals surface area contributed by atoms with Gasteiger partial charge in [0.05, 0.1) is 6.54 Å². The number of aliphatic hydroxyl groups is 1. The lowest BCUT2D eigenvalue weighted by molar-refractivity contribution is 0.265. The van der Waals surface area contributed by atoms with E-state index in [1.165, 1.54) is 0 Å². The Morgan fingerprint density at radius 2 is 2.31 bits per heavy atom. The Morgan fingerprint density at radius 1 is 1.50 bits per heavy atom. The van der Waals surface area contributed by atoms with Gasteiger partial charge in [0, 0.05) is 11.9 Å². The van der Waals surface area contributed by atoms with Gasteiger partial charge in [-0.1, -0.05) is 6.07 Å². The van der Waals surface area contributed by atoms with E-state index < -0.39 is 0 Å². The highest BCUT2D eigenvalue weighted by Gasteiger charge is 2.05. The third-order valence-corrected chi connectivity index (χ3v) is 2.60.